The van der Waals surface area contributed by atoms with Crippen LogP contribution in [-0.4, -0.2) is 24.3 Å². The number of alkyl halides is 3. The maximum atomic E-state index is 13.5. The first-order valence-electron chi connectivity index (χ1n) is 10.4. The van der Waals surface area contributed by atoms with Gasteiger partial charge in [0.15, 0.2) is 17.6 Å². The zero-order chi connectivity index (χ0) is 23.2. The van der Waals surface area contributed by atoms with Gasteiger partial charge in [-0.3, -0.25) is 4.79 Å². The Hall–Kier alpha value is -3.68. The summed E-state index contributed by atoms with van der Waals surface area (Å²) in [6.45, 7) is 0.440. The second-order valence-electron chi connectivity index (χ2n) is 8.03. The highest BCUT2D eigenvalue weighted by Crippen LogP contribution is 2.46. The molecule has 2 aliphatic heterocycles. The van der Waals surface area contributed by atoms with Crippen LogP contribution in [0.4, 0.5) is 13.2 Å². The van der Waals surface area contributed by atoms with E-state index in [0.717, 1.165) is 11.6 Å². The molecule has 8 heteroatoms. The molecule has 0 amide bonds. The summed E-state index contributed by atoms with van der Waals surface area (Å²) in [5.74, 6) is 0.330. The average Bonchev–Trinajstić information content (AvgIpc) is 3.17. The number of carboxylic acid groups (broad SMARTS) is 1. The predicted molar refractivity (Wildman–Crippen MR) is 113 cm³/mol. The Kier molecular flexibility index (Phi) is 5.15. The monoisotopic (exact) mass is 456 g/mol. The SMILES string of the molecule is O=C(O)CC1COc2cc3c(cc21)OCC(c1cccc(-c2ccccc2C(F)(F)F)c1)O3. The molecule has 0 radical (unpaired) electrons. The van der Waals surface area contributed by atoms with Crippen LogP contribution < -0.4 is 14.2 Å². The molecule has 0 saturated carbocycles. The van der Waals surface area contributed by atoms with E-state index in [-0.39, 0.29) is 31.1 Å². The Morgan fingerprint density at radius 3 is 2.52 bits per heavy atom. The molecule has 0 spiro atoms. The standard InChI is InChI=1S/C25H19F3O5/c26-25(27,28)19-7-2-1-6-17(19)14-4-3-5-15(8-14)23-13-32-21-10-18-16(9-24(29)30)12-31-20(18)11-22(21)33-23/h1-8,10-11,16,23H,9,12-13H2,(H,29,30). The van der Waals surface area contributed by atoms with E-state index >= 15 is 0 Å². The van der Waals surface area contributed by atoms with Gasteiger partial charge in [0.1, 0.15) is 12.4 Å². The Bertz CT molecular complexity index is 1220. The summed E-state index contributed by atoms with van der Waals surface area (Å²) in [6, 6.07) is 15.7. The van der Waals surface area contributed by atoms with E-state index in [1.54, 1.807) is 42.5 Å². The minimum Gasteiger partial charge on any atom is -0.492 e. The molecule has 33 heavy (non-hydrogen) atoms. The van der Waals surface area contributed by atoms with Gasteiger partial charge in [0.05, 0.1) is 18.6 Å². The number of rotatable bonds is 4. The summed E-state index contributed by atoms with van der Waals surface area (Å²) in [5.41, 5.74) is 1.28. The summed E-state index contributed by atoms with van der Waals surface area (Å²) in [7, 11) is 0. The maximum Gasteiger partial charge on any atom is 0.417 e. The lowest BCUT2D eigenvalue weighted by atomic mass is 9.96. The minimum absolute atomic E-state index is 0.0402. The average molecular weight is 456 g/mol. The van der Waals surface area contributed by atoms with E-state index in [4.69, 9.17) is 19.3 Å². The Morgan fingerprint density at radius 1 is 0.939 bits per heavy atom. The third-order valence-corrected chi connectivity index (χ3v) is 5.84. The van der Waals surface area contributed by atoms with Crippen molar-refractivity contribution < 1.29 is 37.3 Å². The summed E-state index contributed by atoms with van der Waals surface area (Å²) < 4.78 is 58.0. The molecular formula is C25H19F3O5. The third kappa shape index (κ3) is 4.08. The fourth-order valence-electron chi connectivity index (χ4n) is 4.27. The molecule has 1 N–H and O–H groups in total. The van der Waals surface area contributed by atoms with Gasteiger partial charge < -0.3 is 19.3 Å². The van der Waals surface area contributed by atoms with Crippen molar-refractivity contribution in [2.24, 2.45) is 0 Å². The highest BCUT2D eigenvalue weighted by molar-refractivity contribution is 5.70. The van der Waals surface area contributed by atoms with Gasteiger partial charge in [-0.2, -0.15) is 13.2 Å². The van der Waals surface area contributed by atoms with Gasteiger partial charge in [-0.1, -0.05) is 36.4 Å². The van der Waals surface area contributed by atoms with Crippen molar-refractivity contribution >= 4 is 5.97 Å². The topological polar surface area (TPSA) is 65.0 Å². The van der Waals surface area contributed by atoms with Crippen LogP contribution in [0.2, 0.25) is 0 Å². The fraction of sp³-hybridized carbons (Fsp3) is 0.240. The third-order valence-electron chi connectivity index (χ3n) is 5.84. The molecule has 3 aromatic carbocycles. The van der Waals surface area contributed by atoms with Crippen molar-refractivity contribution in [2.75, 3.05) is 13.2 Å². The molecule has 2 aliphatic rings. The van der Waals surface area contributed by atoms with Gasteiger partial charge in [-0.05, 0) is 34.9 Å². The van der Waals surface area contributed by atoms with Crippen LogP contribution >= 0.6 is 0 Å². The Labute approximate surface area is 187 Å². The van der Waals surface area contributed by atoms with E-state index in [0.29, 0.717) is 28.4 Å². The van der Waals surface area contributed by atoms with E-state index in [9.17, 15) is 18.0 Å². The summed E-state index contributed by atoms with van der Waals surface area (Å²) in [5, 5.41) is 9.09. The van der Waals surface area contributed by atoms with Crippen LogP contribution in [0.25, 0.3) is 11.1 Å². The van der Waals surface area contributed by atoms with E-state index in [1.807, 2.05) is 0 Å². The summed E-state index contributed by atoms with van der Waals surface area (Å²) in [6.07, 6.45) is -5.03. The van der Waals surface area contributed by atoms with Crippen molar-refractivity contribution in [2.45, 2.75) is 24.6 Å². The van der Waals surface area contributed by atoms with Gasteiger partial charge in [-0.15, -0.1) is 0 Å². The van der Waals surface area contributed by atoms with Gasteiger partial charge in [0.2, 0.25) is 0 Å². The zero-order valence-electron chi connectivity index (χ0n) is 17.3. The molecular weight excluding hydrogens is 437 g/mol. The lowest BCUT2D eigenvalue weighted by Gasteiger charge is -2.28. The summed E-state index contributed by atoms with van der Waals surface area (Å²) >= 11 is 0. The van der Waals surface area contributed by atoms with Crippen molar-refractivity contribution in [3.05, 3.63) is 77.4 Å². The number of aliphatic carboxylic acids is 1. The maximum absolute atomic E-state index is 13.5. The normalized spacial score (nSPS) is 19.0. The van der Waals surface area contributed by atoms with Crippen LogP contribution in [-0.2, 0) is 11.0 Å². The number of carboxylic acids is 1. The molecule has 170 valence electrons. The lowest BCUT2D eigenvalue weighted by molar-refractivity contribution is -0.138. The predicted octanol–water partition coefficient (Wildman–Crippen LogP) is 5.84. The first-order chi connectivity index (χ1) is 15.8. The molecule has 2 unspecified atom stereocenters. The van der Waals surface area contributed by atoms with Gasteiger partial charge in [-0.25, -0.2) is 0 Å². The van der Waals surface area contributed by atoms with Crippen LogP contribution in [0.3, 0.4) is 0 Å². The molecule has 0 bridgehead atoms. The molecule has 2 atom stereocenters. The van der Waals surface area contributed by atoms with Crippen molar-refractivity contribution in [3.8, 4) is 28.4 Å². The number of benzene rings is 3. The molecule has 0 aromatic heterocycles. The van der Waals surface area contributed by atoms with E-state index < -0.39 is 23.8 Å². The van der Waals surface area contributed by atoms with Gasteiger partial charge in [0.25, 0.3) is 0 Å². The lowest BCUT2D eigenvalue weighted by Crippen LogP contribution is -2.21. The Balaban J connectivity index is 1.42. The number of fused-ring (bicyclic) bond motifs is 2. The van der Waals surface area contributed by atoms with Gasteiger partial charge >= 0.3 is 12.1 Å². The van der Waals surface area contributed by atoms with Crippen molar-refractivity contribution in [1.29, 1.82) is 0 Å². The van der Waals surface area contributed by atoms with Crippen LogP contribution in [0.15, 0.2) is 60.7 Å². The number of hydrogen-bond acceptors (Lipinski definition) is 4. The van der Waals surface area contributed by atoms with Crippen LogP contribution in [0.5, 0.6) is 17.2 Å². The molecule has 0 saturated heterocycles. The molecule has 3 aromatic rings. The number of hydrogen-bond donors (Lipinski definition) is 1. The van der Waals surface area contributed by atoms with Crippen molar-refractivity contribution in [3.63, 3.8) is 0 Å². The van der Waals surface area contributed by atoms with Crippen LogP contribution in [0.1, 0.15) is 35.1 Å². The van der Waals surface area contributed by atoms with Crippen molar-refractivity contribution in [1.82, 2.24) is 0 Å². The second-order valence-corrected chi connectivity index (χ2v) is 8.03. The zero-order valence-corrected chi connectivity index (χ0v) is 17.3. The molecule has 5 nitrogen and oxygen atoms in total. The molecule has 0 aliphatic carbocycles. The number of ether oxygens (including phenoxy) is 3. The molecule has 5 rings (SSSR count). The first kappa shape index (κ1) is 21.2. The largest absolute Gasteiger partial charge is 0.492 e. The quantitative estimate of drug-likeness (QED) is 0.535. The summed E-state index contributed by atoms with van der Waals surface area (Å²) in [4.78, 5) is 11.1. The highest BCUT2D eigenvalue weighted by atomic mass is 19.4. The second kappa shape index (κ2) is 8.03. The smallest absolute Gasteiger partial charge is 0.417 e. The molecule has 0 fully saturated rings. The van der Waals surface area contributed by atoms with Gasteiger partial charge in [0, 0.05) is 17.5 Å². The Morgan fingerprint density at radius 2 is 1.73 bits per heavy atom. The molecule has 2 heterocycles. The number of carbonyl (C=O) groups is 1. The van der Waals surface area contributed by atoms with E-state index in [1.165, 1.54) is 12.1 Å². The minimum atomic E-state index is -4.46. The fourth-order valence-corrected chi connectivity index (χ4v) is 4.27. The highest BCUT2D eigenvalue weighted by Gasteiger charge is 2.34. The van der Waals surface area contributed by atoms with E-state index in [2.05, 4.69) is 0 Å². The number of halogens is 3. The first-order valence-corrected chi connectivity index (χ1v) is 10.4. The van der Waals surface area contributed by atoms with Crippen LogP contribution in [0, 0.1) is 0 Å².